The van der Waals surface area contributed by atoms with E-state index in [-0.39, 0.29) is 0 Å². The molecule has 1 unspecified atom stereocenters. The van der Waals surface area contributed by atoms with E-state index >= 15 is 0 Å². The third kappa shape index (κ3) is 3.45. The van der Waals surface area contributed by atoms with Crippen LogP contribution in [0, 0.1) is 17.8 Å². The van der Waals surface area contributed by atoms with Crippen molar-refractivity contribution in [1.82, 2.24) is 5.32 Å². The first-order chi connectivity index (χ1) is 8.35. The molecule has 1 saturated carbocycles. The predicted octanol–water partition coefficient (Wildman–Crippen LogP) is 3.22. The van der Waals surface area contributed by atoms with Crippen molar-refractivity contribution in [3.8, 4) is 0 Å². The fourth-order valence-corrected chi connectivity index (χ4v) is 3.89. The number of rotatable bonds is 4. The molecule has 100 valence electrons. The molecule has 1 heterocycles. The lowest BCUT2D eigenvalue weighted by Gasteiger charge is -2.39. The van der Waals surface area contributed by atoms with Crippen molar-refractivity contribution in [1.29, 1.82) is 0 Å². The molecule has 0 aromatic rings. The second-order valence-electron chi connectivity index (χ2n) is 5.95. The van der Waals surface area contributed by atoms with Gasteiger partial charge in [0.2, 0.25) is 0 Å². The molecule has 0 aromatic heterocycles. The molecule has 1 aliphatic heterocycles. The average Bonchev–Trinajstić information content (AvgIpc) is 2.42. The van der Waals surface area contributed by atoms with Gasteiger partial charge in [0, 0.05) is 19.3 Å². The molecular weight excluding hydrogens is 210 g/mol. The van der Waals surface area contributed by atoms with E-state index in [0.717, 1.165) is 37.0 Å². The normalized spacial score (nSPS) is 33.5. The van der Waals surface area contributed by atoms with Gasteiger partial charge in [0.1, 0.15) is 0 Å². The summed E-state index contributed by atoms with van der Waals surface area (Å²) in [6, 6.07) is 0.747. The van der Waals surface area contributed by atoms with Crippen molar-refractivity contribution < 1.29 is 4.74 Å². The highest BCUT2D eigenvalue weighted by Gasteiger charge is 2.32. The van der Waals surface area contributed by atoms with E-state index in [1.807, 2.05) is 0 Å². The quantitative estimate of drug-likeness (QED) is 0.813. The van der Waals surface area contributed by atoms with Gasteiger partial charge in [-0.2, -0.15) is 0 Å². The molecule has 0 spiro atoms. The highest BCUT2D eigenvalue weighted by Crippen LogP contribution is 2.36. The molecule has 1 aliphatic carbocycles. The van der Waals surface area contributed by atoms with Crippen LogP contribution >= 0.6 is 0 Å². The fraction of sp³-hybridized carbons (Fsp3) is 1.00. The van der Waals surface area contributed by atoms with Gasteiger partial charge in [0.15, 0.2) is 0 Å². The summed E-state index contributed by atoms with van der Waals surface area (Å²) in [6.45, 7) is 4.30. The molecule has 1 saturated heterocycles. The number of ether oxygens (including phenoxy) is 1. The minimum atomic E-state index is 0.747. The van der Waals surface area contributed by atoms with Gasteiger partial charge in [-0.25, -0.2) is 0 Å². The molecule has 2 fully saturated rings. The van der Waals surface area contributed by atoms with Crippen molar-refractivity contribution in [3.05, 3.63) is 0 Å². The standard InChI is InChI=1S/C15H29NO/c1-3-12-4-6-13(7-5-12)15(16-2)14-8-10-17-11-9-14/h12-16H,3-11H2,1-2H3. The lowest BCUT2D eigenvalue weighted by Crippen LogP contribution is -2.43. The first-order valence-corrected chi connectivity index (χ1v) is 7.60. The summed E-state index contributed by atoms with van der Waals surface area (Å²) in [5, 5.41) is 3.62. The summed E-state index contributed by atoms with van der Waals surface area (Å²) in [5.74, 6) is 2.79. The molecule has 0 amide bonds. The lowest BCUT2D eigenvalue weighted by molar-refractivity contribution is 0.0399. The second kappa shape index (κ2) is 6.75. The molecule has 0 aromatic carbocycles. The molecule has 0 bridgehead atoms. The van der Waals surface area contributed by atoms with E-state index in [9.17, 15) is 0 Å². The summed E-state index contributed by atoms with van der Waals surface area (Å²) >= 11 is 0. The smallest absolute Gasteiger partial charge is 0.0469 e. The monoisotopic (exact) mass is 239 g/mol. The van der Waals surface area contributed by atoms with Gasteiger partial charge in [0.25, 0.3) is 0 Å². The molecule has 1 N–H and O–H groups in total. The Kier molecular flexibility index (Phi) is 5.30. The zero-order chi connectivity index (χ0) is 12.1. The van der Waals surface area contributed by atoms with Crippen LogP contribution < -0.4 is 5.32 Å². The van der Waals surface area contributed by atoms with Gasteiger partial charge >= 0.3 is 0 Å². The fourth-order valence-electron chi connectivity index (χ4n) is 3.89. The lowest BCUT2D eigenvalue weighted by atomic mass is 9.73. The highest BCUT2D eigenvalue weighted by molar-refractivity contribution is 4.86. The van der Waals surface area contributed by atoms with Crippen molar-refractivity contribution in [2.24, 2.45) is 17.8 Å². The Bertz CT molecular complexity index is 205. The first-order valence-electron chi connectivity index (χ1n) is 7.60. The molecule has 17 heavy (non-hydrogen) atoms. The molecule has 1 atom stereocenters. The van der Waals surface area contributed by atoms with Crippen LogP contribution in [0.15, 0.2) is 0 Å². The van der Waals surface area contributed by atoms with Crippen LogP contribution in [0.1, 0.15) is 51.9 Å². The number of hydrogen-bond donors (Lipinski definition) is 1. The summed E-state index contributed by atoms with van der Waals surface area (Å²) in [6.07, 6.45) is 9.72. The van der Waals surface area contributed by atoms with Gasteiger partial charge in [-0.3, -0.25) is 0 Å². The minimum absolute atomic E-state index is 0.747. The third-order valence-corrected chi connectivity index (χ3v) is 5.08. The van der Waals surface area contributed by atoms with Crippen LogP contribution in [-0.2, 0) is 4.74 Å². The van der Waals surface area contributed by atoms with Gasteiger partial charge in [-0.1, -0.05) is 26.2 Å². The van der Waals surface area contributed by atoms with E-state index in [4.69, 9.17) is 4.74 Å². The Morgan fingerprint density at radius 1 is 1.00 bits per heavy atom. The zero-order valence-electron chi connectivity index (χ0n) is 11.6. The zero-order valence-corrected chi connectivity index (χ0v) is 11.6. The molecule has 0 radical (unpaired) electrons. The van der Waals surface area contributed by atoms with Crippen molar-refractivity contribution in [3.63, 3.8) is 0 Å². The molecule has 2 heteroatoms. The van der Waals surface area contributed by atoms with E-state index < -0.39 is 0 Å². The summed E-state index contributed by atoms with van der Waals surface area (Å²) in [5.41, 5.74) is 0. The molecular formula is C15H29NO. The predicted molar refractivity (Wildman–Crippen MR) is 72.1 cm³/mol. The Hall–Kier alpha value is -0.0800. The van der Waals surface area contributed by atoms with Crippen LogP contribution in [-0.4, -0.2) is 26.3 Å². The maximum absolute atomic E-state index is 5.49. The van der Waals surface area contributed by atoms with E-state index in [1.54, 1.807) is 0 Å². The van der Waals surface area contributed by atoms with Crippen molar-refractivity contribution >= 4 is 0 Å². The maximum Gasteiger partial charge on any atom is 0.0469 e. The van der Waals surface area contributed by atoms with E-state index in [0.29, 0.717) is 0 Å². The minimum Gasteiger partial charge on any atom is -0.381 e. The second-order valence-corrected chi connectivity index (χ2v) is 5.95. The van der Waals surface area contributed by atoms with Gasteiger partial charge in [0.05, 0.1) is 0 Å². The Morgan fingerprint density at radius 3 is 2.12 bits per heavy atom. The van der Waals surface area contributed by atoms with Gasteiger partial charge < -0.3 is 10.1 Å². The molecule has 2 rings (SSSR count). The summed E-state index contributed by atoms with van der Waals surface area (Å²) in [7, 11) is 2.16. The van der Waals surface area contributed by atoms with Crippen molar-refractivity contribution in [2.45, 2.75) is 57.9 Å². The molecule has 2 aliphatic rings. The Morgan fingerprint density at radius 2 is 1.59 bits per heavy atom. The summed E-state index contributed by atoms with van der Waals surface area (Å²) < 4.78 is 5.49. The van der Waals surface area contributed by atoms with E-state index in [1.165, 1.54) is 44.9 Å². The van der Waals surface area contributed by atoms with Crippen LogP contribution in [0.4, 0.5) is 0 Å². The average molecular weight is 239 g/mol. The van der Waals surface area contributed by atoms with Crippen molar-refractivity contribution in [2.75, 3.05) is 20.3 Å². The van der Waals surface area contributed by atoms with Crippen LogP contribution in [0.3, 0.4) is 0 Å². The first kappa shape index (κ1) is 13.4. The highest BCUT2D eigenvalue weighted by atomic mass is 16.5. The maximum atomic E-state index is 5.49. The van der Waals surface area contributed by atoms with Crippen LogP contribution in [0.2, 0.25) is 0 Å². The van der Waals surface area contributed by atoms with Gasteiger partial charge in [-0.05, 0) is 50.5 Å². The number of hydrogen-bond acceptors (Lipinski definition) is 2. The number of nitrogens with one attached hydrogen (secondary N) is 1. The van der Waals surface area contributed by atoms with Crippen LogP contribution in [0.5, 0.6) is 0 Å². The van der Waals surface area contributed by atoms with Gasteiger partial charge in [-0.15, -0.1) is 0 Å². The SMILES string of the molecule is CCC1CCC(C(NC)C2CCOCC2)CC1. The Labute approximate surface area is 107 Å². The van der Waals surface area contributed by atoms with Crippen LogP contribution in [0.25, 0.3) is 0 Å². The summed E-state index contributed by atoms with van der Waals surface area (Å²) in [4.78, 5) is 0. The largest absolute Gasteiger partial charge is 0.381 e. The van der Waals surface area contributed by atoms with E-state index in [2.05, 4.69) is 19.3 Å². The third-order valence-electron chi connectivity index (χ3n) is 5.08. The topological polar surface area (TPSA) is 21.3 Å². The Balaban J connectivity index is 1.85. The molecule has 2 nitrogen and oxygen atoms in total.